The van der Waals surface area contributed by atoms with Crippen molar-refractivity contribution in [2.24, 2.45) is 7.05 Å². The third kappa shape index (κ3) is 3.14. The highest BCUT2D eigenvalue weighted by molar-refractivity contribution is 5.29. The molecule has 6 nitrogen and oxygen atoms in total. The van der Waals surface area contributed by atoms with Crippen molar-refractivity contribution in [1.82, 2.24) is 25.1 Å². The molecule has 0 spiro atoms. The molecule has 2 aromatic rings. The van der Waals surface area contributed by atoms with Crippen molar-refractivity contribution in [3.05, 3.63) is 36.4 Å². The van der Waals surface area contributed by atoms with Crippen LogP contribution in [0.2, 0.25) is 0 Å². The summed E-state index contributed by atoms with van der Waals surface area (Å²) >= 11 is 0. The van der Waals surface area contributed by atoms with Crippen LogP contribution in [0.15, 0.2) is 30.9 Å². The number of anilines is 1. The van der Waals surface area contributed by atoms with Gasteiger partial charge in [0.15, 0.2) is 0 Å². The molecule has 2 aromatic heterocycles. The minimum absolute atomic E-state index is 0.479. The summed E-state index contributed by atoms with van der Waals surface area (Å²) < 4.78 is 1.84. The summed E-state index contributed by atoms with van der Waals surface area (Å²) in [6.07, 6.45) is 9.93. The Hall–Kier alpha value is -1.95. The van der Waals surface area contributed by atoms with E-state index in [1.54, 1.807) is 12.4 Å². The molecule has 1 atom stereocenters. The molecule has 1 aliphatic heterocycles. The van der Waals surface area contributed by atoms with Crippen molar-refractivity contribution < 1.29 is 0 Å². The number of aromatic nitrogens is 4. The highest BCUT2D eigenvalue weighted by Crippen LogP contribution is 2.15. The smallest absolute Gasteiger partial charge is 0.225 e. The first-order valence-corrected chi connectivity index (χ1v) is 7.04. The Morgan fingerprint density at radius 3 is 2.95 bits per heavy atom. The lowest BCUT2D eigenvalue weighted by atomic mass is 10.1. The average molecular weight is 272 g/mol. The van der Waals surface area contributed by atoms with E-state index in [2.05, 4.69) is 25.3 Å². The van der Waals surface area contributed by atoms with Crippen LogP contribution < -0.4 is 10.2 Å². The molecular formula is C14H20N6. The Balaban J connectivity index is 1.55. The monoisotopic (exact) mass is 272 g/mol. The van der Waals surface area contributed by atoms with Gasteiger partial charge in [0.2, 0.25) is 5.95 Å². The highest BCUT2D eigenvalue weighted by Gasteiger charge is 2.21. The number of piperidine rings is 1. The van der Waals surface area contributed by atoms with Gasteiger partial charge in [0.1, 0.15) is 0 Å². The number of hydrogen-bond acceptors (Lipinski definition) is 5. The molecule has 106 valence electrons. The van der Waals surface area contributed by atoms with Crippen molar-refractivity contribution in [3.8, 4) is 0 Å². The first-order chi connectivity index (χ1) is 9.81. The first kappa shape index (κ1) is 13.1. The molecule has 0 aromatic carbocycles. The largest absolute Gasteiger partial charge is 0.339 e. The molecule has 1 fully saturated rings. The van der Waals surface area contributed by atoms with Crippen LogP contribution in [-0.4, -0.2) is 38.9 Å². The highest BCUT2D eigenvalue weighted by atomic mass is 15.3. The van der Waals surface area contributed by atoms with Gasteiger partial charge in [-0.05, 0) is 18.9 Å². The number of hydrogen-bond donors (Lipinski definition) is 1. The maximum atomic E-state index is 4.33. The van der Waals surface area contributed by atoms with Gasteiger partial charge in [-0.1, -0.05) is 0 Å². The summed E-state index contributed by atoms with van der Waals surface area (Å²) in [6, 6.07) is 2.33. The predicted molar refractivity (Wildman–Crippen MR) is 77.3 cm³/mol. The van der Waals surface area contributed by atoms with Crippen LogP contribution in [0.5, 0.6) is 0 Å². The summed E-state index contributed by atoms with van der Waals surface area (Å²) in [7, 11) is 1.94. The lowest BCUT2D eigenvalue weighted by Crippen LogP contribution is -2.46. The van der Waals surface area contributed by atoms with Crippen molar-refractivity contribution in [2.75, 3.05) is 18.0 Å². The molecule has 0 bridgehead atoms. The third-order valence-electron chi connectivity index (χ3n) is 3.61. The zero-order valence-electron chi connectivity index (χ0n) is 11.7. The van der Waals surface area contributed by atoms with Gasteiger partial charge in [-0.15, -0.1) is 0 Å². The molecule has 20 heavy (non-hydrogen) atoms. The Labute approximate surface area is 118 Å². The van der Waals surface area contributed by atoms with Crippen LogP contribution >= 0.6 is 0 Å². The summed E-state index contributed by atoms with van der Waals surface area (Å²) in [5.41, 5.74) is 1.22. The molecule has 0 aliphatic carbocycles. The topological polar surface area (TPSA) is 58.9 Å². The zero-order chi connectivity index (χ0) is 13.8. The van der Waals surface area contributed by atoms with E-state index in [9.17, 15) is 0 Å². The number of nitrogens with zero attached hydrogens (tertiary/aromatic N) is 5. The molecule has 1 saturated heterocycles. The fourth-order valence-corrected chi connectivity index (χ4v) is 2.61. The van der Waals surface area contributed by atoms with Crippen LogP contribution in [0.4, 0.5) is 5.95 Å². The van der Waals surface area contributed by atoms with Gasteiger partial charge in [-0.3, -0.25) is 4.68 Å². The van der Waals surface area contributed by atoms with Crippen molar-refractivity contribution in [2.45, 2.75) is 25.4 Å². The van der Waals surface area contributed by atoms with Gasteiger partial charge in [-0.2, -0.15) is 5.10 Å². The van der Waals surface area contributed by atoms with Crippen molar-refractivity contribution >= 4 is 5.95 Å². The zero-order valence-corrected chi connectivity index (χ0v) is 11.7. The quantitative estimate of drug-likeness (QED) is 0.898. The maximum absolute atomic E-state index is 4.33. The number of aryl methyl sites for hydroxylation is 1. The first-order valence-electron chi connectivity index (χ1n) is 7.04. The molecule has 0 radical (unpaired) electrons. The molecule has 1 aliphatic rings. The molecule has 0 saturated carbocycles. The van der Waals surface area contributed by atoms with E-state index >= 15 is 0 Å². The van der Waals surface area contributed by atoms with E-state index in [1.807, 2.05) is 30.2 Å². The van der Waals surface area contributed by atoms with Gasteiger partial charge in [0.05, 0.1) is 6.20 Å². The van der Waals surface area contributed by atoms with Gasteiger partial charge in [0, 0.05) is 56.9 Å². The van der Waals surface area contributed by atoms with Gasteiger partial charge in [0.25, 0.3) is 0 Å². The molecular weight excluding hydrogens is 252 g/mol. The Bertz CT molecular complexity index is 538. The van der Waals surface area contributed by atoms with Gasteiger partial charge < -0.3 is 10.2 Å². The molecule has 0 amide bonds. The Morgan fingerprint density at radius 1 is 1.35 bits per heavy atom. The Kier molecular flexibility index (Phi) is 3.92. The molecule has 3 rings (SSSR count). The van der Waals surface area contributed by atoms with Crippen LogP contribution in [0.25, 0.3) is 0 Å². The van der Waals surface area contributed by atoms with E-state index in [1.165, 1.54) is 18.4 Å². The maximum Gasteiger partial charge on any atom is 0.225 e. The lowest BCUT2D eigenvalue weighted by molar-refractivity contribution is 0.418. The number of rotatable bonds is 4. The number of nitrogens with one attached hydrogen (secondary N) is 1. The van der Waals surface area contributed by atoms with Crippen LogP contribution in [-0.2, 0) is 13.6 Å². The average Bonchev–Trinajstić information content (AvgIpc) is 2.92. The second kappa shape index (κ2) is 6.00. The minimum atomic E-state index is 0.479. The van der Waals surface area contributed by atoms with Crippen LogP contribution in [0.1, 0.15) is 18.4 Å². The predicted octanol–water partition coefficient (Wildman–Crippen LogP) is 0.969. The van der Waals surface area contributed by atoms with E-state index in [4.69, 9.17) is 0 Å². The van der Waals surface area contributed by atoms with E-state index in [0.717, 1.165) is 25.6 Å². The molecule has 3 heterocycles. The fraction of sp³-hybridized carbons (Fsp3) is 0.500. The minimum Gasteiger partial charge on any atom is -0.339 e. The third-order valence-corrected chi connectivity index (χ3v) is 3.61. The molecule has 1 N–H and O–H groups in total. The SMILES string of the molecule is Cn1cc(CN[C@H]2CCCN(c3ncccn3)C2)cn1. The van der Waals surface area contributed by atoms with Crippen molar-refractivity contribution in [1.29, 1.82) is 0 Å². The second-order valence-electron chi connectivity index (χ2n) is 5.24. The van der Waals surface area contributed by atoms with E-state index in [0.29, 0.717) is 6.04 Å². The van der Waals surface area contributed by atoms with Crippen LogP contribution in [0.3, 0.4) is 0 Å². The normalized spacial score (nSPS) is 19.2. The van der Waals surface area contributed by atoms with Crippen LogP contribution in [0, 0.1) is 0 Å². The van der Waals surface area contributed by atoms with Gasteiger partial charge in [-0.25, -0.2) is 9.97 Å². The summed E-state index contributed by atoms with van der Waals surface area (Å²) in [5, 5.41) is 7.79. The molecule has 0 unspecified atom stereocenters. The standard InChI is InChI=1S/C14H20N6/c1-19-10-12(9-18-19)8-17-13-4-2-7-20(11-13)14-15-5-3-6-16-14/h3,5-6,9-10,13,17H,2,4,7-8,11H2,1H3/t13-/m0/s1. The van der Waals surface area contributed by atoms with E-state index < -0.39 is 0 Å². The Morgan fingerprint density at radius 2 is 2.20 bits per heavy atom. The fourth-order valence-electron chi connectivity index (χ4n) is 2.61. The van der Waals surface area contributed by atoms with Crippen molar-refractivity contribution in [3.63, 3.8) is 0 Å². The van der Waals surface area contributed by atoms with Gasteiger partial charge >= 0.3 is 0 Å². The lowest BCUT2D eigenvalue weighted by Gasteiger charge is -2.33. The summed E-state index contributed by atoms with van der Waals surface area (Å²) in [4.78, 5) is 10.9. The summed E-state index contributed by atoms with van der Waals surface area (Å²) in [6.45, 7) is 2.86. The molecule has 6 heteroatoms. The van der Waals surface area contributed by atoms with E-state index in [-0.39, 0.29) is 0 Å². The summed E-state index contributed by atoms with van der Waals surface area (Å²) in [5.74, 6) is 0.834. The second-order valence-corrected chi connectivity index (χ2v) is 5.24.